The zero-order valence-electron chi connectivity index (χ0n) is 17.5. The van der Waals surface area contributed by atoms with Crippen LogP contribution in [0, 0.1) is 6.92 Å². The molecule has 2 aromatic carbocycles. The van der Waals surface area contributed by atoms with Gasteiger partial charge in [-0.1, -0.05) is 30.3 Å². The molecule has 4 rings (SSSR count). The van der Waals surface area contributed by atoms with Gasteiger partial charge in [0.25, 0.3) is 0 Å². The van der Waals surface area contributed by atoms with E-state index >= 15 is 0 Å². The van der Waals surface area contributed by atoms with Crippen LogP contribution in [0.5, 0.6) is 17.2 Å². The van der Waals surface area contributed by atoms with E-state index in [9.17, 15) is 9.59 Å². The minimum atomic E-state index is -0.410. The van der Waals surface area contributed by atoms with Gasteiger partial charge < -0.3 is 23.0 Å². The van der Waals surface area contributed by atoms with Crippen LogP contribution in [0.1, 0.15) is 5.76 Å². The summed E-state index contributed by atoms with van der Waals surface area (Å²) in [6.07, 6.45) is 1.30. The molecule has 2 heterocycles. The molecule has 0 amide bonds. The van der Waals surface area contributed by atoms with Crippen LogP contribution in [0.25, 0.3) is 33.4 Å². The van der Waals surface area contributed by atoms with Crippen molar-refractivity contribution in [3.63, 3.8) is 0 Å². The fraction of sp³-hybridized carbons (Fsp3) is 0.167. The van der Waals surface area contributed by atoms with E-state index in [4.69, 9.17) is 23.0 Å². The standard InChI is InChI=1S/C24H20O7/c1-13-23(28-3)22(26)15(12-30-13)20-18(27-2)11-19-21(24(20)29-4)16(25)10-17(31-19)14-8-6-5-7-9-14/h5-12H,1-4H3. The van der Waals surface area contributed by atoms with E-state index in [2.05, 4.69) is 0 Å². The molecule has 0 aliphatic heterocycles. The zero-order valence-corrected chi connectivity index (χ0v) is 17.5. The maximum atomic E-state index is 13.1. The molecule has 0 saturated carbocycles. The van der Waals surface area contributed by atoms with Crippen molar-refractivity contribution in [1.82, 2.24) is 0 Å². The second-order valence-electron chi connectivity index (χ2n) is 6.77. The maximum absolute atomic E-state index is 13.1. The number of benzene rings is 2. The van der Waals surface area contributed by atoms with Gasteiger partial charge in [0.05, 0.1) is 32.5 Å². The van der Waals surface area contributed by atoms with Crippen LogP contribution in [0.15, 0.2) is 67.2 Å². The van der Waals surface area contributed by atoms with Crippen molar-refractivity contribution in [2.75, 3.05) is 21.3 Å². The average Bonchev–Trinajstić information content (AvgIpc) is 2.79. The van der Waals surface area contributed by atoms with Gasteiger partial charge in [-0.05, 0) is 6.92 Å². The first-order valence-corrected chi connectivity index (χ1v) is 9.45. The molecule has 0 N–H and O–H groups in total. The lowest BCUT2D eigenvalue weighted by Crippen LogP contribution is -2.12. The SMILES string of the molecule is COc1cc2oc(-c3ccccc3)cc(=O)c2c(OC)c1-c1coc(C)c(OC)c1=O. The Morgan fingerprint density at radius 2 is 1.58 bits per heavy atom. The summed E-state index contributed by atoms with van der Waals surface area (Å²) < 4.78 is 27.8. The average molecular weight is 420 g/mol. The predicted octanol–water partition coefficient (Wildman–Crippen LogP) is 4.41. The number of hydrogen-bond donors (Lipinski definition) is 0. The monoisotopic (exact) mass is 420 g/mol. The lowest BCUT2D eigenvalue weighted by atomic mass is 10.0. The third kappa shape index (κ3) is 3.34. The highest BCUT2D eigenvalue weighted by atomic mass is 16.5. The number of aryl methyl sites for hydroxylation is 1. The van der Waals surface area contributed by atoms with Crippen LogP contribution >= 0.6 is 0 Å². The molecule has 0 aliphatic rings. The summed E-state index contributed by atoms with van der Waals surface area (Å²) in [5.74, 6) is 1.25. The van der Waals surface area contributed by atoms with E-state index < -0.39 is 5.43 Å². The molecule has 0 atom stereocenters. The van der Waals surface area contributed by atoms with Crippen LogP contribution in [-0.2, 0) is 0 Å². The minimum Gasteiger partial charge on any atom is -0.496 e. The fourth-order valence-electron chi connectivity index (χ4n) is 3.58. The van der Waals surface area contributed by atoms with E-state index in [0.717, 1.165) is 5.56 Å². The third-order valence-electron chi connectivity index (χ3n) is 5.02. The molecule has 0 radical (unpaired) electrons. The molecule has 7 nitrogen and oxygen atoms in total. The molecule has 158 valence electrons. The van der Waals surface area contributed by atoms with Crippen molar-refractivity contribution < 1.29 is 23.0 Å². The van der Waals surface area contributed by atoms with Crippen molar-refractivity contribution in [3.05, 3.63) is 74.9 Å². The first kappa shape index (κ1) is 20.3. The van der Waals surface area contributed by atoms with Gasteiger partial charge in [-0.2, -0.15) is 0 Å². The summed E-state index contributed by atoms with van der Waals surface area (Å²) in [6, 6.07) is 12.2. The van der Waals surface area contributed by atoms with E-state index in [1.165, 1.54) is 33.7 Å². The normalized spacial score (nSPS) is 10.8. The Hall–Kier alpha value is -4.00. The highest BCUT2D eigenvalue weighted by Crippen LogP contribution is 2.43. The van der Waals surface area contributed by atoms with Crippen LogP contribution in [0.4, 0.5) is 0 Å². The minimum absolute atomic E-state index is 0.0631. The van der Waals surface area contributed by atoms with Gasteiger partial charge in [-0.3, -0.25) is 9.59 Å². The fourth-order valence-corrected chi connectivity index (χ4v) is 3.58. The molecule has 31 heavy (non-hydrogen) atoms. The molecule has 0 unspecified atom stereocenters. The van der Waals surface area contributed by atoms with Crippen LogP contribution in [0.2, 0.25) is 0 Å². The van der Waals surface area contributed by atoms with E-state index in [1.807, 2.05) is 30.3 Å². The summed E-state index contributed by atoms with van der Waals surface area (Å²) in [5, 5.41) is 0.192. The van der Waals surface area contributed by atoms with Crippen LogP contribution in [0.3, 0.4) is 0 Å². The first-order chi connectivity index (χ1) is 15.0. The molecule has 0 spiro atoms. The van der Waals surface area contributed by atoms with Crippen LogP contribution < -0.4 is 25.1 Å². The number of hydrogen-bond acceptors (Lipinski definition) is 7. The number of ether oxygens (including phenoxy) is 3. The highest BCUT2D eigenvalue weighted by molar-refractivity contribution is 5.96. The number of fused-ring (bicyclic) bond motifs is 1. The van der Waals surface area contributed by atoms with Gasteiger partial charge >= 0.3 is 0 Å². The molecule has 2 aromatic heterocycles. The quantitative estimate of drug-likeness (QED) is 0.472. The van der Waals surface area contributed by atoms with Crippen molar-refractivity contribution in [2.45, 2.75) is 6.92 Å². The van der Waals surface area contributed by atoms with Crippen molar-refractivity contribution in [3.8, 4) is 39.7 Å². The largest absolute Gasteiger partial charge is 0.496 e. The molecular weight excluding hydrogens is 400 g/mol. The van der Waals surface area contributed by atoms with E-state index in [0.29, 0.717) is 11.5 Å². The van der Waals surface area contributed by atoms with Gasteiger partial charge in [0.1, 0.15) is 40.3 Å². The van der Waals surface area contributed by atoms with Crippen molar-refractivity contribution in [1.29, 1.82) is 0 Å². The summed E-state index contributed by atoms with van der Waals surface area (Å²) >= 11 is 0. The Labute approximate surface area is 177 Å². The summed E-state index contributed by atoms with van der Waals surface area (Å²) in [6.45, 7) is 1.62. The van der Waals surface area contributed by atoms with Gasteiger partial charge in [0.2, 0.25) is 11.2 Å². The molecular formula is C24H20O7. The Morgan fingerprint density at radius 1 is 0.871 bits per heavy atom. The van der Waals surface area contributed by atoms with Crippen molar-refractivity contribution >= 4 is 11.0 Å². The second-order valence-corrected chi connectivity index (χ2v) is 6.77. The molecule has 0 fully saturated rings. The Bertz CT molecular complexity index is 1380. The smallest absolute Gasteiger partial charge is 0.235 e. The zero-order chi connectivity index (χ0) is 22.1. The van der Waals surface area contributed by atoms with E-state index in [1.54, 1.807) is 13.0 Å². The van der Waals surface area contributed by atoms with Gasteiger partial charge in [-0.25, -0.2) is 0 Å². The van der Waals surface area contributed by atoms with Gasteiger partial charge in [0, 0.05) is 17.7 Å². The topological polar surface area (TPSA) is 88.1 Å². The van der Waals surface area contributed by atoms with E-state index in [-0.39, 0.29) is 44.8 Å². The molecule has 0 saturated heterocycles. The summed E-state index contributed by atoms with van der Waals surface area (Å²) in [5.41, 5.74) is 0.727. The van der Waals surface area contributed by atoms with Crippen LogP contribution in [-0.4, -0.2) is 21.3 Å². The molecule has 0 bridgehead atoms. The highest BCUT2D eigenvalue weighted by Gasteiger charge is 2.25. The number of methoxy groups -OCH3 is 3. The predicted molar refractivity (Wildman–Crippen MR) is 116 cm³/mol. The Morgan fingerprint density at radius 3 is 2.23 bits per heavy atom. The Balaban J connectivity index is 2.08. The molecule has 4 aromatic rings. The third-order valence-corrected chi connectivity index (χ3v) is 5.02. The lowest BCUT2D eigenvalue weighted by molar-refractivity contribution is 0.375. The lowest BCUT2D eigenvalue weighted by Gasteiger charge is -2.16. The number of rotatable bonds is 5. The maximum Gasteiger partial charge on any atom is 0.235 e. The second kappa shape index (κ2) is 8.02. The summed E-state index contributed by atoms with van der Waals surface area (Å²) in [7, 11) is 4.25. The van der Waals surface area contributed by atoms with Crippen molar-refractivity contribution in [2.24, 2.45) is 0 Å². The summed E-state index contributed by atoms with van der Waals surface area (Å²) in [4.78, 5) is 26.1. The van der Waals surface area contributed by atoms with Gasteiger partial charge in [0.15, 0.2) is 5.43 Å². The molecule has 7 heteroatoms. The first-order valence-electron chi connectivity index (χ1n) is 9.45. The molecule has 0 aliphatic carbocycles. The Kier molecular flexibility index (Phi) is 5.25. The van der Waals surface area contributed by atoms with Gasteiger partial charge in [-0.15, -0.1) is 0 Å².